The van der Waals surface area contributed by atoms with Crippen LogP contribution in [0, 0.1) is 5.82 Å². The predicted octanol–water partition coefficient (Wildman–Crippen LogP) is 2.42. The summed E-state index contributed by atoms with van der Waals surface area (Å²) in [6, 6.07) is 9.45. The summed E-state index contributed by atoms with van der Waals surface area (Å²) in [6.07, 6.45) is -0.731. The Morgan fingerprint density at radius 2 is 1.89 bits per heavy atom. The van der Waals surface area contributed by atoms with E-state index in [2.05, 4.69) is 0 Å². The SMILES string of the molecule is O=S(=O)(c1ccc(Cl)s1)N1CCN(C[C@@H](O)COCc2ccccc2F)CC1. The molecule has 2 aromatic rings. The van der Waals surface area contributed by atoms with Gasteiger partial charge in [-0.2, -0.15) is 4.31 Å². The molecule has 0 unspecified atom stereocenters. The molecule has 0 radical (unpaired) electrons. The second-order valence-electron chi connectivity index (χ2n) is 6.52. The lowest BCUT2D eigenvalue weighted by Crippen LogP contribution is -2.50. The van der Waals surface area contributed by atoms with Gasteiger partial charge in [-0.15, -0.1) is 11.3 Å². The molecule has 1 atom stereocenters. The first-order chi connectivity index (χ1) is 13.4. The third-order valence-corrected chi connectivity index (χ3v) is 8.07. The molecule has 1 aromatic heterocycles. The molecule has 154 valence electrons. The fraction of sp³-hybridized carbons (Fsp3) is 0.444. The maximum Gasteiger partial charge on any atom is 0.252 e. The van der Waals surface area contributed by atoms with Crippen LogP contribution in [0.1, 0.15) is 5.56 Å². The molecule has 28 heavy (non-hydrogen) atoms. The van der Waals surface area contributed by atoms with E-state index in [1.54, 1.807) is 24.3 Å². The Morgan fingerprint density at radius 1 is 1.18 bits per heavy atom. The van der Waals surface area contributed by atoms with E-state index in [0.717, 1.165) is 11.3 Å². The quantitative estimate of drug-likeness (QED) is 0.671. The van der Waals surface area contributed by atoms with E-state index >= 15 is 0 Å². The molecule has 0 aliphatic carbocycles. The number of piperazine rings is 1. The Kier molecular flexibility index (Phi) is 7.43. The number of hydrogen-bond acceptors (Lipinski definition) is 6. The van der Waals surface area contributed by atoms with Crippen molar-refractivity contribution in [2.75, 3.05) is 39.3 Å². The number of aliphatic hydroxyl groups excluding tert-OH is 1. The molecule has 1 aliphatic rings. The van der Waals surface area contributed by atoms with Crippen molar-refractivity contribution in [2.24, 2.45) is 0 Å². The highest BCUT2D eigenvalue weighted by Crippen LogP contribution is 2.28. The van der Waals surface area contributed by atoms with Gasteiger partial charge in [0, 0.05) is 38.3 Å². The summed E-state index contributed by atoms with van der Waals surface area (Å²) in [5, 5.41) is 10.2. The maximum atomic E-state index is 13.5. The molecule has 0 saturated carbocycles. The van der Waals surface area contributed by atoms with Crippen molar-refractivity contribution < 1.29 is 22.7 Å². The number of ether oxygens (including phenoxy) is 1. The van der Waals surface area contributed by atoms with Crippen LogP contribution in [0.25, 0.3) is 0 Å². The number of benzene rings is 1. The zero-order valence-electron chi connectivity index (χ0n) is 15.1. The summed E-state index contributed by atoms with van der Waals surface area (Å²) < 4.78 is 46.2. The van der Waals surface area contributed by atoms with Gasteiger partial charge in [-0.05, 0) is 18.2 Å². The molecule has 1 saturated heterocycles. The van der Waals surface area contributed by atoms with E-state index in [-0.39, 0.29) is 23.2 Å². The van der Waals surface area contributed by atoms with Gasteiger partial charge < -0.3 is 9.84 Å². The van der Waals surface area contributed by atoms with E-state index in [4.69, 9.17) is 16.3 Å². The maximum absolute atomic E-state index is 13.5. The van der Waals surface area contributed by atoms with Gasteiger partial charge in [0.2, 0.25) is 0 Å². The van der Waals surface area contributed by atoms with Crippen LogP contribution in [0.4, 0.5) is 4.39 Å². The topological polar surface area (TPSA) is 70.1 Å². The lowest BCUT2D eigenvalue weighted by atomic mass is 10.2. The van der Waals surface area contributed by atoms with Crippen molar-refractivity contribution >= 4 is 33.0 Å². The van der Waals surface area contributed by atoms with Gasteiger partial charge in [-0.3, -0.25) is 4.90 Å². The second-order valence-corrected chi connectivity index (χ2v) is 10.4. The molecule has 1 aromatic carbocycles. The predicted molar refractivity (Wildman–Crippen MR) is 107 cm³/mol. The molecular formula is C18H22ClFN2O4S2. The van der Waals surface area contributed by atoms with Crippen LogP contribution in [0.3, 0.4) is 0 Å². The van der Waals surface area contributed by atoms with Crippen molar-refractivity contribution in [3.63, 3.8) is 0 Å². The Hall–Kier alpha value is -1.07. The first-order valence-corrected chi connectivity index (χ1v) is 11.5. The van der Waals surface area contributed by atoms with Crippen LogP contribution in [-0.4, -0.2) is 68.2 Å². The standard InChI is InChI=1S/C18H22ClFN2O4S2/c19-17-5-6-18(27-17)28(24,25)22-9-7-21(8-10-22)11-15(23)13-26-12-14-3-1-2-4-16(14)20/h1-6,15,23H,7-13H2/t15-/m1/s1. The van der Waals surface area contributed by atoms with Gasteiger partial charge in [0.25, 0.3) is 10.0 Å². The third kappa shape index (κ3) is 5.50. The summed E-state index contributed by atoms with van der Waals surface area (Å²) in [7, 11) is -3.52. The normalized spacial score (nSPS) is 17.7. The number of rotatable bonds is 8. The minimum Gasteiger partial charge on any atom is -0.389 e. The largest absolute Gasteiger partial charge is 0.389 e. The van der Waals surface area contributed by atoms with Crippen LogP contribution in [0.5, 0.6) is 0 Å². The van der Waals surface area contributed by atoms with Crippen molar-refractivity contribution in [3.8, 4) is 0 Å². The molecule has 1 aliphatic heterocycles. The zero-order chi connectivity index (χ0) is 20.1. The smallest absolute Gasteiger partial charge is 0.252 e. The lowest BCUT2D eigenvalue weighted by molar-refractivity contribution is 0.00470. The molecule has 2 heterocycles. The van der Waals surface area contributed by atoms with E-state index in [0.29, 0.717) is 42.6 Å². The van der Waals surface area contributed by atoms with E-state index in [9.17, 15) is 17.9 Å². The average molecular weight is 449 g/mol. The van der Waals surface area contributed by atoms with Crippen LogP contribution < -0.4 is 0 Å². The number of hydrogen-bond donors (Lipinski definition) is 1. The number of nitrogens with zero attached hydrogens (tertiary/aromatic N) is 2. The van der Waals surface area contributed by atoms with Crippen molar-refractivity contribution in [1.29, 1.82) is 0 Å². The van der Waals surface area contributed by atoms with E-state index < -0.39 is 16.1 Å². The third-order valence-electron chi connectivity index (χ3n) is 4.47. The Bertz CT molecular complexity index is 885. The molecule has 0 amide bonds. The van der Waals surface area contributed by atoms with E-state index in [1.807, 2.05) is 4.90 Å². The fourth-order valence-corrected chi connectivity index (χ4v) is 6.05. The van der Waals surface area contributed by atoms with Crippen molar-refractivity contribution in [1.82, 2.24) is 9.21 Å². The first kappa shape index (κ1) is 21.6. The molecule has 10 heteroatoms. The minimum atomic E-state index is -3.52. The Balaban J connectivity index is 1.42. The molecular weight excluding hydrogens is 427 g/mol. The monoisotopic (exact) mass is 448 g/mol. The van der Waals surface area contributed by atoms with Crippen LogP contribution in [0.2, 0.25) is 4.34 Å². The van der Waals surface area contributed by atoms with Gasteiger partial charge in [0.1, 0.15) is 10.0 Å². The van der Waals surface area contributed by atoms with Crippen molar-refractivity contribution in [3.05, 3.63) is 52.1 Å². The van der Waals surface area contributed by atoms with Gasteiger partial charge in [-0.1, -0.05) is 29.8 Å². The zero-order valence-corrected chi connectivity index (χ0v) is 17.5. The van der Waals surface area contributed by atoms with Crippen molar-refractivity contribution in [2.45, 2.75) is 16.9 Å². The van der Waals surface area contributed by atoms with Gasteiger partial charge in [0.15, 0.2) is 0 Å². The highest BCUT2D eigenvalue weighted by molar-refractivity contribution is 7.91. The van der Waals surface area contributed by atoms with Gasteiger partial charge in [0.05, 0.1) is 23.7 Å². The summed E-state index contributed by atoms with van der Waals surface area (Å²) in [6.45, 7) is 2.28. The molecule has 1 N–H and O–H groups in total. The van der Waals surface area contributed by atoms with Crippen LogP contribution in [-0.2, 0) is 21.4 Å². The lowest BCUT2D eigenvalue weighted by Gasteiger charge is -2.34. The Morgan fingerprint density at radius 3 is 2.54 bits per heavy atom. The minimum absolute atomic E-state index is 0.0839. The molecule has 0 bridgehead atoms. The summed E-state index contributed by atoms with van der Waals surface area (Å²) in [4.78, 5) is 1.99. The highest BCUT2D eigenvalue weighted by Gasteiger charge is 2.30. The molecule has 3 rings (SSSR count). The fourth-order valence-electron chi connectivity index (χ4n) is 2.99. The average Bonchev–Trinajstić information content (AvgIpc) is 3.11. The summed E-state index contributed by atoms with van der Waals surface area (Å²) in [5.74, 6) is -0.332. The van der Waals surface area contributed by atoms with Crippen LogP contribution in [0.15, 0.2) is 40.6 Å². The Labute approximate surface area is 173 Å². The number of halogens is 2. The van der Waals surface area contributed by atoms with E-state index in [1.165, 1.54) is 16.4 Å². The molecule has 6 nitrogen and oxygen atoms in total. The first-order valence-electron chi connectivity index (χ1n) is 8.83. The van der Waals surface area contributed by atoms with Gasteiger partial charge >= 0.3 is 0 Å². The second kappa shape index (κ2) is 9.62. The molecule has 1 fully saturated rings. The number of thiophene rings is 1. The number of β-amino-alcohol motifs (C(OH)–C–C–N with tert-alkyl or cyclic N) is 1. The number of sulfonamides is 1. The summed E-state index contributed by atoms with van der Waals surface area (Å²) in [5.41, 5.74) is 0.446. The van der Waals surface area contributed by atoms with Gasteiger partial charge in [-0.25, -0.2) is 12.8 Å². The highest BCUT2D eigenvalue weighted by atomic mass is 35.5. The number of aliphatic hydroxyl groups is 1. The van der Waals surface area contributed by atoms with Crippen LogP contribution >= 0.6 is 22.9 Å². The summed E-state index contributed by atoms with van der Waals surface area (Å²) >= 11 is 6.89. The molecule has 0 spiro atoms.